The van der Waals surface area contributed by atoms with Crippen LogP contribution in [-0.2, 0) is 20.8 Å². The average molecular weight is 400 g/mol. The van der Waals surface area contributed by atoms with Crippen molar-refractivity contribution >= 4 is 28.8 Å². The van der Waals surface area contributed by atoms with Crippen molar-refractivity contribution in [1.82, 2.24) is 4.90 Å². The summed E-state index contributed by atoms with van der Waals surface area (Å²) in [6.07, 6.45) is 0.638. The predicted octanol–water partition coefficient (Wildman–Crippen LogP) is 3.68. The number of Topliss-reactive ketones (excluding diaryl/α,β-unsaturated/α-hetero) is 2. The Morgan fingerprint density at radius 3 is 2.46 bits per heavy atom. The summed E-state index contributed by atoms with van der Waals surface area (Å²) in [5.41, 5.74) is -0.0389. The van der Waals surface area contributed by atoms with Crippen molar-refractivity contribution in [3.63, 3.8) is 0 Å². The van der Waals surface area contributed by atoms with Crippen LogP contribution in [0.1, 0.15) is 37.3 Å². The van der Waals surface area contributed by atoms with E-state index in [2.05, 4.69) is 0 Å². The number of ether oxygens (including phenoxy) is 1. The number of nitrogens with zero attached hydrogens (tertiary/aromatic N) is 1. The fourth-order valence-corrected chi connectivity index (χ4v) is 4.34. The van der Waals surface area contributed by atoms with E-state index in [0.29, 0.717) is 24.3 Å². The monoisotopic (exact) mass is 399 g/mol. The standard InChI is InChI=1S/C22H25NO4S/c1-22(2,3)20(25)17-18(15-9-5-6-10-16(15)27-4)23(21(26)19(17)24)12-11-14-8-7-13-28-14/h5-10,13,17-18H,11-12H2,1-4H3. The quantitative estimate of drug-likeness (QED) is 0.549. The molecule has 0 aliphatic carbocycles. The molecule has 2 atom stereocenters. The highest BCUT2D eigenvalue weighted by Crippen LogP contribution is 2.43. The minimum absolute atomic E-state index is 0.222. The number of para-hydroxylation sites is 1. The van der Waals surface area contributed by atoms with E-state index in [4.69, 9.17) is 4.74 Å². The molecule has 148 valence electrons. The SMILES string of the molecule is COc1ccccc1C1C(C(=O)C(C)(C)C)C(=O)C(=O)N1CCc1cccs1. The summed E-state index contributed by atoms with van der Waals surface area (Å²) in [7, 11) is 1.55. The smallest absolute Gasteiger partial charge is 0.291 e. The summed E-state index contributed by atoms with van der Waals surface area (Å²) in [4.78, 5) is 41.6. The third kappa shape index (κ3) is 3.74. The topological polar surface area (TPSA) is 63.7 Å². The molecule has 2 heterocycles. The maximum Gasteiger partial charge on any atom is 0.291 e. The van der Waals surface area contributed by atoms with Crippen LogP contribution in [0.2, 0.25) is 0 Å². The molecule has 0 spiro atoms. The molecular formula is C22H25NO4S. The van der Waals surface area contributed by atoms with Gasteiger partial charge in [0.15, 0.2) is 5.78 Å². The number of hydrogen-bond acceptors (Lipinski definition) is 5. The molecule has 1 aromatic carbocycles. The number of amides is 1. The zero-order valence-electron chi connectivity index (χ0n) is 16.6. The second kappa shape index (κ2) is 7.87. The van der Waals surface area contributed by atoms with E-state index in [-0.39, 0.29) is 5.78 Å². The zero-order valence-corrected chi connectivity index (χ0v) is 17.4. The molecule has 3 rings (SSSR count). The van der Waals surface area contributed by atoms with Gasteiger partial charge in [-0.1, -0.05) is 45.0 Å². The van der Waals surface area contributed by atoms with E-state index >= 15 is 0 Å². The molecule has 1 saturated heterocycles. The maximum absolute atomic E-state index is 13.1. The van der Waals surface area contributed by atoms with E-state index in [1.54, 1.807) is 50.2 Å². The fraction of sp³-hybridized carbons (Fsp3) is 0.409. The Hall–Kier alpha value is -2.47. The van der Waals surface area contributed by atoms with Crippen LogP contribution in [0.3, 0.4) is 0 Å². The lowest BCUT2D eigenvalue weighted by Gasteiger charge is -2.30. The zero-order chi connectivity index (χ0) is 20.5. The van der Waals surface area contributed by atoms with E-state index in [1.807, 2.05) is 35.7 Å². The second-order valence-electron chi connectivity index (χ2n) is 7.97. The highest BCUT2D eigenvalue weighted by molar-refractivity contribution is 7.09. The summed E-state index contributed by atoms with van der Waals surface area (Å²) in [5.74, 6) is -1.88. The summed E-state index contributed by atoms with van der Waals surface area (Å²) in [5, 5.41) is 1.98. The van der Waals surface area contributed by atoms with Crippen LogP contribution in [0.5, 0.6) is 5.75 Å². The number of thiophene rings is 1. The molecule has 1 aliphatic heterocycles. The summed E-state index contributed by atoms with van der Waals surface area (Å²) in [6.45, 7) is 5.71. The molecule has 0 radical (unpaired) electrons. The first kappa shape index (κ1) is 20.3. The Labute approximate surface area is 169 Å². The molecular weight excluding hydrogens is 374 g/mol. The summed E-state index contributed by atoms with van der Waals surface area (Å²) < 4.78 is 5.48. The molecule has 2 aromatic rings. The Balaban J connectivity index is 2.04. The van der Waals surface area contributed by atoms with Gasteiger partial charge < -0.3 is 9.64 Å². The van der Waals surface area contributed by atoms with Crippen molar-refractivity contribution in [2.75, 3.05) is 13.7 Å². The molecule has 1 amide bonds. The van der Waals surface area contributed by atoms with E-state index in [1.165, 1.54) is 0 Å². The van der Waals surface area contributed by atoms with Gasteiger partial charge in [-0.05, 0) is 23.9 Å². The number of carbonyl (C=O) groups excluding carboxylic acids is 3. The van der Waals surface area contributed by atoms with Gasteiger partial charge in [-0.25, -0.2) is 0 Å². The molecule has 5 nitrogen and oxygen atoms in total. The number of hydrogen-bond donors (Lipinski definition) is 0. The summed E-state index contributed by atoms with van der Waals surface area (Å²) in [6, 6.07) is 10.6. The normalized spacial score (nSPS) is 19.9. The lowest BCUT2D eigenvalue weighted by molar-refractivity contribution is -0.143. The van der Waals surface area contributed by atoms with Gasteiger partial charge in [-0.2, -0.15) is 0 Å². The minimum atomic E-state index is -1.02. The number of ketones is 2. The lowest BCUT2D eigenvalue weighted by atomic mass is 9.77. The van der Waals surface area contributed by atoms with Crippen LogP contribution in [0.25, 0.3) is 0 Å². The van der Waals surface area contributed by atoms with E-state index < -0.39 is 29.1 Å². The number of benzene rings is 1. The number of carbonyl (C=O) groups is 3. The van der Waals surface area contributed by atoms with Gasteiger partial charge in [-0.3, -0.25) is 14.4 Å². The first-order chi connectivity index (χ1) is 13.3. The van der Waals surface area contributed by atoms with Crippen LogP contribution in [-0.4, -0.2) is 36.0 Å². The van der Waals surface area contributed by atoms with Crippen LogP contribution in [0.4, 0.5) is 0 Å². The number of likely N-dealkylation sites (tertiary alicyclic amines) is 1. The third-order valence-corrected chi connectivity index (χ3v) is 6.00. The minimum Gasteiger partial charge on any atom is -0.496 e. The van der Waals surface area contributed by atoms with Gasteiger partial charge >= 0.3 is 0 Å². The van der Waals surface area contributed by atoms with Gasteiger partial charge in [-0.15, -0.1) is 11.3 Å². The van der Waals surface area contributed by atoms with Gasteiger partial charge in [0.05, 0.1) is 13.2 Å². The number of rotatable bonds is 6. The van der Waals surface area contributed by atoms with Crippen LogP contribution >= 0.6 is 11.3 Å². The average Bonchev–Trinajstić information content (AvgIpc) is 3.26. The number of methoxy groups -OCH3 is 1. The largest absolute Gasteiger partial charge is 0.496 e. The van der Waals surface area contributed by atoms with E-state index in [9.17, 15) is 14.4 Å². The third-order valence-electron chi connectivity index (χ3n) is 5.06. The fourth-order valence-electron chi connectivity index (χ4n) is 3.64. The molecule has 0 saturated carbocycles. The van der Waals surface area contributed by atoms with Crippen molar-refractivity contribution in [3.8, 4) is 5.75 Å². The van der Waals surface area contributed by atoms with E-state index in [0.717, 1.165) is 4.88 Å². The van der Waals surface area contributed by atoms with Crippen LogP contribution < -0.4 is 4.74 Å². The van der Waals surface area contributed by atoms with Crippen molar-refractivity contribution < 1.29 is 19.1 Å². The molecule has 0 N–H and O–H groups in total. The molecule has 1 fully saturated rings. The summed E-state index contributed by atoms with van der Waals surface area (Å²) >= 11 is 1.61. The molecule has 1 aliphatic rings. The molecule has 2 unspecified atom stereocenters. The molecule has 1 aromatic heterocycles. The molecule has 6 heteroatoms. The first-order valence-corrected chi connectivity index (χ1v) is 10.2. The second-order valence-corrected chi connectivity index (χ2v) is 9.00. The van der Waals surface area contributed by atoms with Gasteiger partial charge in [0.25, 0.3) is 5.91 Å². The first-order valence-electron chi connectivity index (χ1n) is 9.30. The van der Waals surface area contributed by atoms with Crippen LogP contribution in [0.15, 0.2) is 41.8 Å². The van der Waals surface area contributed by atoms with Crippen molar-refractivity contribution in [3.05, 3.63) is 52.2 Å². The Morgan fingerprint density at radius 1 is 1.14 bits per heavy atom. The van der Waals surface area contributed by atoms with Gasteiger partial charge in [0.1, 0.15) is 11.7 Å². The van der Waals surface area contributed by atoms with Gasteiger partial charge in [0, 0.05) is 22.4 Å². The van der Waals surface area contributed by atoms with Crippen molar-refractivity contribution in [2.45, 2.75) is 33.2 Å². The Morgan fingerprint density at radius 2 is 1.86 bits per heavy atom. The Kier molecular flexibility index (Phi) is 5.70. The van der Waals surface area contributed by atoms with Crippen molar-refractivity contribution in [1.29, 1.82) is 0 Å². The highest BCUT2D eigenvalue weighted by atomic mass is 32.1. The maximum atomic E-state index is 13.1. The lowest BCUT2D eigenvalue weighted by Crippen LogP contribution is -2.36. The van der Waals surface area contributed by atoms with Crippen molar-refractivity contribution in [2.24, 2.45) is 11.3 Å². The molecule has 28 heavy (non-hydrogen) atoms. The highest BCUT2D eigenvalue weighted by Gasteiger charge is 2.53. The van der Waals surface area contributed by atoms with Crippen LogP contribution in [0, 0.1) is 11.3 Å². The predicted molar refractivity (Wildman–Crippen MR) is 108 cm³/mol. The molecule has 0 bridgehead atoms. The Bertz CT molecular complexity index is 882. The van der Waals surface area contributed by atoms with Gasteiger partial charge in [0.2, 0.25) is 5.78 Å².